The van der Waals surface area contributed by atoms with Crippen LogP contribution in [0.25, 0.3) is 0 Å². The molecule has 3 nitrogen and oxygen atoms in total. The van der Waals surface area contributed by atoms with Crippen molar-refractivity contribution in [2.24, 2.45) is 52.3 Å². The second kappa shape index (κ2) is 11.2. The first-order chi connectivity index (χ1) is 18.6. The average molecular weight is 535 g/mol. The van der Waals surface area contributed by atoms with E-state index in [1.54, 1.807) is 24.3 Å². The van der Waals surface area contributed by atoms with Crippen molar-refractivity contribution in [1.82, 2.24) is 0 Å². The Morgan fingerprint density at radius 1 is 1.03 bits per heavy atom. The monoisotopic (exact) mass is 534 g/mol. The Balaban J connectivity index is 1.25. The molecule has 0 aromatic heterocycles. The highest BCUT2D eigenvalue weighted by Gasteiger charge is 2.59. The Labute approximate surface area is 238 Å². The van der Waals surface area contributed by atoms with E-state index in [1.807, 2.05) is 0 Å². The topological polar surface area (TPSA) is 46.5 Å². The lowest BCUT2D eigenvalue weighted by Crippen LogP contribution is -2.51. The van der Waals surface area contributed by atoms with Gasteiger partial charge in [-0.15, -0.1) is 0 Å². The summed E-state index contributed by atoms with van der Waals surface area (Å²) < 4.78 is 5.94. The minimum atomic E-state index is -0.394. The van der Waals surface area contributed by atoms with Gasteiger partial charge in [0.1, 0.15) is 17.4 Å². The van der Waals surface area contributed by atoms with E-state index in [-0.39, 0.29) is 22.8 Å². The van der Waals surface area contributed by atoms with Crippen LogP contribution in [0.5, 0.6) is 5.75 Å². The summed E-state index contributed by atoms with van der Waals surface area (Å²) in [5.41, 5.74) is 2.56. The smallest absolute Gasteiger partial charge is 0.342 e. The maximum absolute atomic E-state index is 12.8. The van der Waals surface area contributed by atoms with Crippen LogP contribution in [0.2, 0.25) is 0 Å². The van der Waals surface area contributed by atoms with Crippen molar-refractivity contribution in [2.75, 3.05) is 0 Å². The number of hydrogen-bond acceptors (Lipinski definition) is 3. The van der Waals surface area contributed by atoms with Crippen LogP contribution in [-0.2, 0) is 4.74 Å². The van der Waals surface area contributed by atoms with Crippen molar-refractivity contribution < 1.29 is 14.6 Å². The Morgan fingerprint density at radius 2 is 1.79 bits per heavy atom. The molecule has 216 valence electrons. The number of carbonyl (C=O) groups is 1. The van der Waals surface area contributed by atoms with Crippen LogP contribution < -0.4 is 0 Å². The van der Waals surface area contributed by atoms with E-state index in [4.69, 9.17) is 4.74 Å². The molecular weight excluding hydrogens is 480 g/mol. The van der Waals surface area contributed by atoms with Gasteiger partial charge in [0.25, 0.3) is 0 Å². The van der Waals surface area contributed by atoms with E-state index in [9.17, 15) is 9.90 Å². The zero-order valence-electron chi connectivity index (χ0n) is 25.5. The molecule has 39 heavy (non-hydrogen) atoms. The van der Waals surface area contributed by atoms with Crippen LogP contribution in [0.1, 0.15) is 123 Å². The Kier molecular flexibility index (Phi) is 8.29. The highest BCUT2D eigenvalue weighted by atomic mass is 16.5. The van der Waals surface area contributed by atoms with Crippen molar-refractivity contribution >= 4 is 5.97 Å². The minimum Gasteiger partial charge on any atom is -0.507 e. The van der Waals surface area contributed by atoms with Gasteiger partial charge in [-0.3, -0.25) is 0 Å². The number of esters is 1. The lowest BCUT2D eigenvalue weighted by molar-refractivity contribution is -0.0597. The van der Waals surface area contributed by atoms with Gasteiger partial charge in [-0.05, 0) is 116 Å². The first-order valence-electron chi connectivity index (χ1n) is 16.3. The molecule has 0 radical (unpaired) electrons. The first kappa shape index (κ1) is 28.7. The van der Waals surface area contributed by atoms with Crippen LogP contribution in [0.4, 0.5) is 0 Å². The van der Waals surface area contributed by atoms with Crippen LogP contribution in [0, 0.1) is 52.3 Å². The van der Waals surface area contributed by atoms with E-state index in [0.29, 0.717) is 5.41 Å². The molecule has 1 N–H and O–H groups in total. The molecule has 0 heterocycles. The predicted molar refractivity (Wildman–Crippen MR) is 160 cm³/mol. The number of carbonyl (C=O) groups excluding carboxylic acids is 1. The van der Waals surface area contributed by atoms with Gasteiger partial charge >= 0.3 is 5.97 Å². The summed E-state index contributed by atoms with van der Waals surface area (Å²) in [6, 6.07) is 6.71. The first-order valence-corrected chi connectivity index (χ1v) is 16.3. The van der Waals surface area contributed by atoms with E-state index >= 15 is 0 Å². The van der Waals surface area contributed by atoms with Crippen LogP contribution in [0.3, 0.4) is 0 Å². The van der Waals surface area contributed by atoms with Gasteiger partial charge in [-0.1, -0.05) is 78.2 Å². The minimum absolute atomic E-state index is 0.00224. The third-order valence-electron chi connectivity index (χ3n) is 12.7. The average Bonchev–Trinajstić information content (AvgIpc) is 3.26. The zero-order valence-corrected chi connectivity index (χ0v) is 25.5. The maximum atomic E-state index is 12.8. The van der Waals surface area contributed by atoms with Crippen molar-refractivity contribution in [2.45, 2.75) is 118 Å². The normalized spacial score (nSPS) is 37.3. The fourth-order valence-corrected chi connectivity index (χ4v) is 10.3. The lowest BCUT2D eigenvalue weighted by Gasteiger charge is -2.58. The van der Waals surface area contributed by atoms with Gasteiger partial charge < -0.3 is 9.84 Å². The molecule has 1 aromatic rings. The summed E-state index contributed by atoms with van der Waals surface area (Å²) in [5.74, 6) is 5.46. The van der Waals surface area contributed by atoms with Gasteiger partial charge in [-0.25, -0.2) is 4.79 Å². The Bertz CT molecular complexity index is 1060. The molecule has 0 amide bonds. The predicted octanol–water partition coefficient (Wildman–Crippen LogP) is 9.60. The van der Waals surface area contributed by atoms with Crippen LogP contribution in [-0.4, -0.2) is 17.2 Å². The fraction of sp³-hybridized carbons (Fsp3) is 0.750. The van der Waals surface area contributed by atoms with Crippen LogP contribution >= 0.6 is 0 Å². The van der Waals surface area contributed by atoms with Gasteiger partial charge in [0.2, 0.25) is 0 Å². The van der Waals surface area contributed by atoms with Crippen molar-refractivity contribution in [3.63, 3.8) is 0 Å². The molecule has 5 rings (SSSR count). The van der Waals surface area contributed by atoms with Gasteiger partial charge in [0.05, 0.1) is 0 Å². The second-order valence-electron chi connectivity index (χ2n) is 14.7. The highest BCUT2D eigenvalue weighted by molar-refractivity contribution is 5.92. The quantitative estimate of drug-likeness (QED) is 0.267. The Hall–Kier alpha value is -1.77. The summed E-state index contributed by atoms with van der Waals surface area (Å²) in [6.45, 7) is 15.0. The standard InChI is InChI=1S/C36H54O3/c1-7-25(23(2)3)13-12-24(4)30-16-17-31-28-15-14-26-22-27(39-34(38)29-10-8-9-11-33(29)37)18-20-35(26,5)32(28)19-21-36(30,31)6/h8-11,14,23-25,27-28,30-32,37H,7,12-13,15-22H2,1-6H3. The largest absolute Gasteiger partial charge is 0.507 e. The van der Waals surface area contributed by atoms with E-state index in [1.165, 1.54) is 56.9 Å². The maximum Gasteiger partial charge on any atom is 0.342 e. The number of allylic oxidation sites excluding steroid dienone is 1. The molecule has 9 atom stereocenters. The van der Waals surface area contributed by atoms with Crippen LogP contribution in [0.15, 0.2) is 35.9 Å². The number of phenols is 1. The number of rotatable bonds is 8. The molecule has 9 unspecified atom stereocenters. The SMILES string of the molecule is CCC(CCC(C)C1CCC2C3CC=C4CC(OC(=O)c5ccccc5O)CCC4(C)C3CCC12C)C(C)C. The van der Waals surface area contributed by atoms with Gasteiger partial charge in [0, 0.05) is 6.42 Å². The third kappa shape index (κ3) is 5.21. The molecule has 4 aliphatic rings. The van der Waals surface area contributed by atoms with Gasteiger partial charge in [0.15, 0.2) is 0 Å². The summed E-state index contributed by atoms with van der Waals surface area (Å²) in [5, 5.41) is 10.1. The fourth-order valence-electron chi connectivity index (χ4n) is 10.3. The van der Waals surface area contributed by atoms with E-state index in [0.717, 1.165) is 60.7 Å². The van der Waals surface area contributed by atoms with E-state index in [2.05, 4.69) is 47.6 Å². The van der Waals surface area contributed by atoms with Crippen molar-refractivity contribution in [1.29, 1.82) is 0 Å². The summed E-state index contributed by atoms with van der Waals surface area (Å²) in [7, 11) is 0. The molecule has 3 saturated carbocycles. The molecule has 0 saturated heterocycles. The number of phenolic OH excluding ortho intramolecular Hbond substituents is 1. The second-order valence-corrected chi connectivity index (χ2v) is 14.7. The molecule has 3 fully saturated rings. The molecule has 0 spiro atoms. The molecule has 4 aliphatic carbocycles. The van der Waals surface area contributed by atoms with Crippen molar-refractivity contribution in [3.8, 4) is 5.75 Å². The van der Waals surface area contributed by atoms with Gasteiger partial charge in [-0.2, -0.15) is 0 Å². The Morgan fingerprint density at radius 3 is 2.51 bits per heavy atom. The summed E-state index contributed by atoms with van der Waals surface area (Å²) in [4.78, 5) is 12.8. The number of aromatic hydroxyl groups is 1. The molecular formula is C36H54O3. The molecule has 0 aliphatic heterocycles. The highest BCUT2D eigenvalue weighted by Crippen LogP contribution is 2.67. The van der Waals surface area contributed by atoms with E-state index < -0.39 is 5.97 Å². The third-order valence-corrected chi connectivity index (χ3v) is 12.7. The number of para-hydroxylation sites is 1. The summed E-state index contributed by atoms with van der Waals surface area (Å²) in [6.07, 6.45) is 16.3. The molecule has 0 bridgehead atoms. The number of ether oxygens (including phenoxy) is 1. The summed E-state index contributed by atoms with van der Waals surface area (Å²) >= 11 is 0. The molecule has 1 aromatic carbocycles. The number of benzene rings is 1. The zero-order chi connectivity index (χ0) is 27.9. The van der Waals surface area contributed by atoms with Crippen molar-refractivity contribution in [3.05, 3.63) is 41.5 Å². The lowest BCUT2D eigenvalue weighted by atomic mass is 9.47. The molecule has 3 heteroatoms. The number of fused-ring (bicyclic) bond motifs is 5. The number of hydrogen-bond donors (Lipinski definition) is 1.